The first-order valence-corrected chi connectivity index (χ1v) is 13.3. The highest BCUT2D eigenvalue weighted by molar-refractivity contribution is 7.17. The average molecular weight is 517 g/mol. The molecule has 2 aromatic heterocycles. The highest BCUT2D eigenvalue weighted by Gasteiger charge is 2.52. The number of benzene rings is 1. The lowest BCUT2D eigenvalue weighted by Gasteiger charge is -2.28. The number of nitrogens with zero attached hydrogens (tertiary/aromatic N) is 3. The standard InChI is InChI=1S/C28H28N4O4S/c1-2-8-20(30-26(34)24-13-12-23(37-24)18-9-4-3-5-10-18)28(36)31-16-14-21-25(31)22(33)17-32(21)27(35)19-11-6-7-15-29-19/h3-7,9-13,15,20-21,25H,2,8,14,16-17H2,1H3,(H,30,34). The summed E-state index contributed by atoms with van der Waals surface area (Å²) in [5.41, 5.74) is 1.31. The van der Waals surface area contributed by atoms with Gasteiger partial charge in [-0.25, -0.2) is 0 Å². The van der Waals surface area contributed by atoms with Crippen LogP contribution < -0.4 is 5.32 Å². The number of carbonyl (C=O) groups excluding carboxylic acids is 4. The molecule has 0 radical (unpaired) electrons. The Labute approximate surface area is 219 Å². The molecule has 3 amide bonds. The van der Waals surface area contributed by atoms with Gasteiger partial charge >= 0.3 is 0 Å². The molecule has 1 aromatic carbocycles. The smallest absolute Gasteiger partial charge is 0.273 e. The van der Waals surface area contributed by atoms with E-state index in [9.17, 15) is 19.2 Å². The molecular formula is C28H28N4O4S. The first-order chi connectivity index (χ1) is 18.0. The molecule has 5 rings (SSSR count). The second-order valence-corrected chi connectivity index (χ2v) is 10.4. The second-order valence-electron chi connectivity index (χ2n) is 9.29. The molecule has 2 fully saturated rings. The molecule has 0 aliphatic carbocycles. The van der Waals surface area contributed by atoms with E-state index in [-0.39, 0.29) is 41.8 Å². The van der Waals surface area contributed by atoms with Crippen molar-refractivity contribution < 1.29 is 19.2 Å². The average Bonchev–Trinajstić information content (AvgIpc) is 3.66. The molecule has 0 spiro atoms. The van der Waals surface area contributed by atoms with E-state index in [0.717, 1.165) is 10.4 Å². The van der Waals surface area contributed by atoms with Crippen molar-refractivity contribution in [2.45, 2.75) is 44.3 Å². The van der Waals surface area contributed by atoms with Gasteiger partial charge in [0.15, 0.2) is 5.78 Å². The van der Waals surface area contributed by atoms with E-state index in [1.54, 1.807) is 35.4 Å². The lowest BCUT2D eigenvalue weighted by molar-refractivity contribution is -0.138. The predicted molar refractivity (Wildman–Crippen MR) is 140 cm³/mol. The summed E-state index contributed by atoms with van der Waals surface area (Å²) in [6.45, 7) is 2.27. The zero-order valence-electron chi connectivity index (χ0n) is 20.5. The van der Waals surface area contributed by atoms with Gasteiger partial charge in [0.25, 0.3) is 11.8 Å². The summed E-state index contributed by atoms with van der Waals surface area (Å²) >= 11 is 1.37. The molecule has 2 aliphatic heterocycles. The van der Waals surface area contributed by atoms with Gasteiger partial charge in [-0.3, -0.25) is 24.2 Å². The number of likely N-dealkylation sites (tertiary alicyclic amines) is 2. The van der Waals surface area contributed by atoms with Gasteiger partial charge in [0, 0.05) is 17.6 Å². The van der Waals surface area contributed by atoms with Crippen LogP contribution in [0.15, 0.2) is 66.9 Å². The molecule has 3 atom stereocenters. The fourth-order valence-corrected chi connectivity index (χ4v) is 6.08. The van der Waals surface area contributed by atoms with Crippen molar-refractivity contribution in [1.29, 1.82) is 0 Å². The Morgan fingerprint density at radius 1 is 1.05 bits per heavy atom. The molecule has 0 saturated carbocycles. The van der Waals surface area contributed by atoms with E-state index in [4.69, 9.17) is 0 Å². The summed E-state index contributed by atoms with van der Waals surface area (Å²) in [5, 5.41) is 2.91. The zero-order valence-corrected chi connectivity index (χ0v) is 21.3. The predicted octanol–water partition coefficient (Wildman–Crippen LogP) is 3.40. The SMILES string of the molecule is CCCC(NC(=O)c1ccc(-c2ccccc2)s1)C(=O)N1CCC2C1C(=O)CN2C(=O)c1ccccn1. The Morgan fingerprint density at radius 2 is 1.84 bits per heavy atom. The minimum Gasteiger partial charge on any atom is -0.340 e. The maximum Gasteiger partial charge on any atom is 0.273 e. The third-order valence-corrected chi connectivity index (χ3v) is 8.05. The number of aromatic nitrogens is 1. The van der Waals surface area contributed by atoms with E-state index in [2.05, 4.69) is 10.3 Å². The van der Waals surface area contributed by atoms with Crippen LogP contribution in [0.4, 0.5) is 0 Å². The summed E-state index contributed by atoms with van der Waals surface area (Å²) < 4.78 is 0. The summed E-state index contributed by atoms with van der Waals surface area (Å²) in [5.74, 6) is -1.05. The van der Waals surface area contributed by atoms with Crippen molar-refractivity contribution in [1.82, 2.24) is 20.1 Å². The van der Waals surface area contributed by atoms with Gasteiger partial charge in [0.05, 0.1) is 17.5 Å². The van der Waals surface area contributed by atoms with Crippen LogP contribution >= 0.6 is 11.3 Å². The van der Waals surface area contributed by atoms with Crippen molar-refractivity contribution in [3.05, 3.63) is 77.4 Å². The molecule has 8 nitrogen and oxygen atoms in total. The van der Waals surface area contributed by atoms with E-state index < -0.39 is 12.1 Å². The molecule has 3 unspecified atom stereocenters. The molecular weight excluding hydrogens is 488 g/mol. The van der Waals surface area contributed by atoms with Crippen molar-refractivity contribution >= 4 is 34.8 Å². The second kappa shape index (κ2) is 10.6. The Balaban J connectivity index is 1.29. The number of nitrogens with one attached hydrogen (secondary N) is 1. The van der Waals surface area contributed by atoms with Crippen molar-refractivity contribution in [3.63, 3.8) is 0 Å². The third-order valence-electron chi connectivity index (χ3n) is 6.92. The minimum atomic E-state index is -0.744. The van der Waals surface area contributed by atoms with Crippen LogP contribution in [-0.4, -0.2) is 69.5 Å². The first kappa shape index (κ1) is 24.8. The van der Waals surface area contributed by atoms with Gasteiger partial charge in [0.1, 0.15) is 17.8 Å². The fraction of sp³-hybridized carbons (Fsp3) is 0.321. The number of hydrogen-bond acceptors (Lipinski definition) is 6. The minimum absolute atomic E-state index is 0.0449. The van der Waals surface area contributed by atoms with Crippen LogP contribution in [0.3, 0.4) is 0 Å². The topological polar surface area (TPSA) is 99.7 Å². The van der Waals surface area contributed by atoms with E-state index in [1.807, 2.05) is 43.3 Å². The molecule has 37 heavy (non-hydrogen) atoms. The molecule has 3 aromatic rings. The van der Waals surface area contributed by atoms with Crippen LogP contribution in [0.5, 0.6) is 0 Å². The number of rotatable bonds is 7. The number of Topliss-reactive ketones (excluding diaryl/α,β-unsaturated/α-hetero) is 1. The van der Waals surface area contributed by atoms with E-state index in [1.165, 1.54) is 16.2 Å². The van der Waals surface area contributed by atoms with E-state index in [0.29, 0.717) is 30.7 Å². The third kappa shape index (κ3) is 4.91. The van der Waals surface area contributed by atoms with Gasteiger partial charge < -0.3 is 15.1 Å². The van der Waals surface area contributed by atoms with Crippen LogP contribution in [-0.2, 0) is 9.59 Å². The normalized spacial score (nSPS) is 19.5. The van der Waals surface area contributed by atoms with Gasteiger partial charge in [-0.1, -0.05) is 49.7 Å². The summed E-state index contributed by atoms with van der Waals surface area (Å²) in [6.07, 6.45) is 3.21. The number of pyridine rings is 1. The lowest BCUT2D eigenvalue weighted by atomic mass is 10.1. The van der Waals surface area contributed by atoms with Gasteiger partial charge in [-0.2, -0.15) is 0 Å². The van der Waals surface area contributed by atoms with Crippen molar-refractivity contribution in [2.24, 2.45) is 0 Å². The Morgan fingerprint density at radius 3 is 2.57 bits per heavy atom. The Kier molecular flexibility index (Phi) is 7.14. The van der Waals surface area contributed by atoms with Gasteiger partial charge in [-0.15, -0.1) is 11.3 Å². The number of amides is 3. The first-order valence-electron chi connectivity index (χ1n) is 12.5. The number of fused-ring (bicyclic) bond motifs is 1. The van der Waals surface area contributed by atoms with Crippen LogP contribution in [0.25, 0.3) is 10.4 Å². The highest BCUT2D eigenvalue weighted by Crippen LogP contribution is 2.32. The maximum atomic E-state index is 13.6. The quantitative estimate of drug-likeness (QED) is 0.519. The zero-order chi connectivity index (χ0) is 25.9. The van der Waals surface area contributed by atoms with E-state index >= 15 is 0 Å². The number of ketones is 1. The highest BCUT2D eigenvalue weighted by atomic mass is 32.1. The number of thiophene rings is 1. The van der Waals surface area contributed by atoms with Crippen LogP contribution in [0, 0.1) is 0 Å². The number of hydrogen-bond donors (Lipinski definition) is 1. The Bertz CT molecular complexity index is 1310. The lowest BCUT2D eigenvalue weighted by Crippen LogP contribution is -2.52. The molecule has 2 aliphatic rings. The maximum absolute atomic E-state index is 13.6. The summed E-state index contributed by atoms with van der Waals surface area (Å²) in [6, 6.07) is 16.7. The largest absolute Gasteiger partial charge is 0.340 e. The van der Waals surface area contributed by atoms with Gasteiger partial charge in [0.2, 0.25) is 5.91 Å². The molecule has 9 heteroatoms. The van der Waals surface area contributed by atoms with Crippen LogP contribution in [0.2, 0.25) is 0 Å². The monoisotopic (exact) mass is 516 g/mol. The number of carbonyl (C=O) groups is 4. The van der Waals surface area contributed by atoms with Crippen LogP contribution in [0.1, 0.15) is 46.3 Å². The van der Waals surface area contributed by atoms with Crippen molar-refractivity contribution in [3.8, 4) is 10.4 Å². The summed E-state index contributed by atoms with van der Waals surface area (Å²) in [4.78, 5) is 61.4. The fourth-order valence-electron chi connectivity index (χ4n) is 5.17. The summed E-state index contributed by atoms with van der Waals surface area (Å²) in [7, 11) is 0. The van der Waals surface area contributed by atoms with Gasteiger partial charge in [-0.05, 0) is 42.7 Å². The molecule has 190 valence electrons. The molecule has 1 N–H and O–H groups in total. The van der Waals surface area contributed by atoms with Crippen molar-refractivity contribution in [2.75, 3.05) is 13.1 Å². The molecule has 2 saturated heterocycles. The molecule has 0 bridgehead atoms. The molecule has 4 heterocycles. The Hall–Kier alpha value is -3.85.